The van der Waals surface area contributed by atoms with E-state index in [4.69, 9.17) is 10.5 Å². The summed E-state index contributed by atoms with van der Waals surface area (Å²) < 4.78 is 5.16. The molecule has 0 radical (unpaired) electrons. The van der Waals surface area contributed by atoms with Gasteiger partial charge in [0.15, 0.2) is 0 Å². The van der Waals surface area contributed by atoms with Gasteiger partial charge in [0, 0.05) is 0 Å². The van der Waals surface area contributed by atoms with Crippen molar-refractivity contribution in [1.82, 2.24) is 5.32 Å². The zero-order chi connectivity index (χ0) is 18.2. The lowest BCUT2D eigenvalue weighted by Gasteiger charge is -2.23. The molecule has 3 N–H and O–H groups in total. The van der Waals surface area contributed by atoms with Gasteiger partial charge in [0.2, 0.25) is 11.6 Å². The molecule has 0 rings (SSSR count). The second kappa shape index (κ2) is 9.65. The maximum absolute atomic E-state index is 12.4. The first-order valence-electron chi connectivity index (χ1n) is 8.31. The van der Waals surface area contributed by atoms with Crippen molar-refractivity contribution in [2.75, 3.05) is 0 Å². The summed E-state index contributed by atoms with van der Waals surface area (Å²) in [5, 5.41) is 2.51. The highest BCUT2D eigenvalue weighted by Gasteiger charge is 2.31. The number of nitrogens with two attached hydrogens (primary N) is 1. The van der Waals surface area contributed by atoms with E-state index >= 15 is 0 Å². The fourth-order valence-electron chi connectivity index (χ4n) is 2.10. The van der Waals surface area contributed by atoms with Gasteiger partial charge in [0.05, 0.1) is 12.1 Å². The predicted octanol–water partition coefficient (Wildman–Crippen LogP) is 2.58. The number of ketones is 2. The van der Waals surface area contributed by atoms with Gasteiger partial charge in [0.25, 0.3) is 0 Å². The Balaban J connectivity index is 4.90. The number of carbonyl (C=O) groups excluding carboxylic acids is 3. The number of hydrogen-bond acceptors (Lipinski definition) is 5. The molecule has 0 aromatic rings. The van der Waals surface area contributed by atoms with E-state index in [-0.39, 0.29) is 5.92 Å². The summed E-state index contributed by atoms with van der Waals surface area (Å²) in [5.41, 5.74) is 5.14. The molecule has 0 aliphatic rings. The summed E-state index contributed by atoms with van der Waals surface area (Å²) in [6.45, 7) is 11.1. The molecular weight excluding hydrogens is 296 g/mol. The molecule has 0 fully saturated rings. The average Bonchev–Trinajstić information content (AvgIpc) is 2.38. The largest absolute Gasteiger partial charge is 0.444 e. The van der Waals surface area contributed by atoms with Gasteiger partial charge in [-0.1, -0.05) is 33.6 Å². The monoisotopic (exact) mass is 328 g/mol. The van der Waals surface area contributed by atoms with Gasteiger partial charge in [-0.05, 0) is 39.5 Å². The van der Waals surface area contributed by atoms with Crippen molar-refractivity contribution in [2.45, 2.75) is 84.9 Å². The van der Waals surface area contributed by atoms with Crippen LogP contribution in [0.4, 0.5) is 4.79 Å². The number of alkyl carbamates (subject to hydrolysis) is 1. The minimum Gasteiger partial charge on any atom is -0.444 e. The van der Waals surface area contributed by atoms with Gasteiger partial charge in [-0.25, -0.2) is 4.79 Å². The standard InChI is InChI=1S/C17H32N2O4/c1-7-8-9-13(19-16(22)23-17(4,5)6)15(21)14(20)12(18)10-11(2)3/h11-13H,7-10,18H2,1-6H3,(H,19,22)/t12-,13-/m0/s1. The number of Topliss-reactive ketones (excluding diaryl/α,β-unsaturated/α-hetero) is 2. The first kappa shape index (κ1) is 21.6. The molecule has 0 saturated heterocycles. The van der Waals surface area contributed by atoms with E-state index in [0.29, 0.717) is 12.8 Å². The minimum atomic E-state index is -0.879. The second-order valence-corrected chi connectivity index (χ2v) is 7.31. The van der Waals surface area contributed by atoms with E-state index in [1.54, 1.807) is 20.8 Å². The van der Waals surface area contributed by atoms with Gasteiger partial charge >= 0.3 is 6.09 Å². The maximum atomic E-state index is 12.4. The molecule has 0 aliphatic carbocycles. The SMILES string of the molecule is CCCC[C@H](NC(=O)OC(C)(C)C)C(=O)C(=O)[C@@H](N)CC(C)C. The van der Waals surface area contributed by atoms with E-state index in [1.807, 2.05) is 20.8 Å². The third kappa shape index (κ3) is 9.33. The fraction of sp³-hybridized carbons (Fsp3) is 0.824. The molecule has 0 spiro atoms. The van der Waals surface area contributed by atoms with Crippen molar-refractivity contribution < 1.29 is 19.1 Å². The Labute approximate surface area is 139 Å². The molecular formula is C17H32N2O4. The van der Waals surface area contributed by atoms with Gasteiger partial charge in [-0.3, -0.25) is 9.59 Å². The van der Waals surface area contributed by atoms with Gasteiger partial charge in [0.1, 0.15) is 5.60 Å². The van der Waals surface area contributed by atoms with Crippen LogP contribution in [0.2, 0.25) is 0 Å². The summed E-state index contributed by atoms with van der Waals surface area (Å²) in [6, 6.07) is -1.71. The summed E-state index contributed by atoms with van der Waals surface area (Å²) in [4.78, 5) is 36.4. The summed E-state index contributed by atoms with van der Waals surface area (Å²) in [5.74, 6) is -1.05. The number of rotatable bonds is 9. The van der Waals surface area contributed by atoms with Crippen molar-refractivity contribution >= 4 is 17.7 Å². The molecule has 0 aromatic heterocycles. The summed E-state index contributed by atoms with van der Waals surface area (Å²) in [7, 11) is 0. The highest BCUT2D eigenvalue weighted by Crippen LogP contribution is 2.11. The molecule has 134 valence electrons. The highest BCUT2D eigenvalue weighted by molar-refractivity contribution is 6.41. The first-order valence-corrected chi connectivity index (χ1v) is 8.31. The van der Waals surface area contributed by atoms with Crippen molar-refractivity contribution in [3.63, 3.8) is 0 Å². The van der Waals surface area contributed by atoms with Crippen LogP contribution in [-0.4, -0.2) is 35.3 Å². The Morgan fingerprint density at radius 2 is 1.70 bits per heavy atom. The van der Waals surface area contributed by atoms with E-state index in [0.717, 1.165) is 12.8 Å². The molecule has 6 nitrogen and oxygen atoms in total. The Morgan fingerprint density at radius 3 is 2.13 bits per heavy atom. The number of amides is 1. The Morgan fingerprint density at radius 1 is 1.13 bits per heavy atom. The van der Waals surface area contributed by atoms with Gasteiger partial charge in [-0.15, -0.1) is 0 Å². The van der Waals surface area contributed by atoms with Crippen molar-refractivity contribution in [2.24, 2.45) is 11.7 Å². The Bertz CT molecular complexity index is 413. The molecule has 2 atom stereocenters. The van der Waals surface area contributed by atoms with Crippen LogP contribution >= 0.6 is 0 Å². The number of ether oxygens (including phenoxy) is 1. The second-order valence-electron chi connectivity index (χ2n) is 7.31. The third-order valence-electron chi connectivity index (χ3n) is 3.16. The normalized spacial score (nSPS) is 14.3. The molecule has 0 saturated carbocycles. The molecule has 0 bridgehead atoms. The van der Waals surface area contributed by atoms with Crippen LogP contribution in [0.25, 0.3) is 0 Å². The minimum absolute atomic E-state index is 0.217. The van der Waals surface area contributed by atoms with E-state index in [2.05, 4.69) is 5.32 Å². The van der Waals surface area contributed by atoms with Crippen molar-refractivity contribution in [3.05, 3.63) is 0 Å². The van der Waals surface area contributed by atoms with Crippen LogP contribution in [0.15, 0.2) is 0 Å². The highest BCUT2D eigenvalue weighted by atomic mass is 16.6. The fourth-order valence-corrected chi connectivity index (χ4v) is 2.10. The zero-order valence-electron chi connectivity index (χ0n) is 15.3. The van der Waals surface area contributed by atoms with Crippen LogP contribution in [0, 0.1) is 5.92 Å². The lowest BCUT2D eigenvalue weighted by molar-refractivity contribution is -0.138. The molecule has 1 amide bonds. The summed E-state index contributed by atoms with van der Waals surface area (Å²) in [6.07, 6.45) is 1.72. The number of carbonyl (C=O) groups is 3. The summed E-state index contributed by atoms with van der Waals surface area (Å²) >= 11 is 0. The lowest BCUT2D eigenvalue weighted by Crippen LogP contribution is -2.49. The third-order valence-corrected chi connectivity index (χ3v) is 3.16. The topological polar surface area (TPSA) is 98.5 Å². The lowest BCUT2D eigenvalue weighted by atomic mass is 9.94. The van der Waals surface area contributed by atoms with Gasteiger partial charge in [-0.2, -0.15) is 0 Å². The molecule has 6 heteroatoms. The van der Waals surface area contributed by atoms with Crippen molar-refractivity contribution in [1.29, 1.82) is 0 Å². The average molecular weight is 328 g/mol. The Kier molecular flexibility index (Phi) is 9.05. The van der Waals surface area contributed by atoms with Crippen LogP contribution in [0.3, 0.4) is 0 Å². The molecule has 23 heavy (non-hydrogen) atoms. The first-order chi connectivity index (χ1) is 10.5. The van der Waals surface area contributed by atoms with E-state index in [1.165, 1.54) is 0 Å². The maximum Gasteiger partial charge on any atom is 0.408 e. The Hall–Kier alpha value is -1.43. The van der Waals surface area contributed by atoms with E-state index < -0.39 is 35.3 Å². The van der Waals surface area contributed by atoms with E-state index in [9.17, 15) is 14.4 Å². The number of unbranched alkanes of at least 4 members (excludes halogenated alkanes) is 1. The predicted molar refractivity (Wildman–Crippen MR) is 90.1 cm³/mol. The van der Waals surface area contributed by atoms with Crippen LogP contribution in [0.5, 0.6) is 0 Å². The number of nitrogens with one attached hydrogen (secondary N) is 1. The van der Waals surface area contributed by atoms with Crippen LogP contribution in [0.1, 0.15) is 67.2 Å². The quantitative estimate of drug-likeness (QED) is 0.634. The smallest absolute Gasteiger partial charge is 0.408 e. The molecule has 0 aliphatic heterocycles. The molecule has 0 unspecified atom stereocenters. The van der Waals surface area contributed by atoms with Crippen LogP contribution in [-0.2, 0) is 14.3 Å². The van der Waals surface area contributed by atoms with Gasteiger partial charge < -0.3 is 15.8 Å². The molecule has 0 aromatic carbocycles. The van der Waals surface area contributed by atoms with Crippen LogP contribution < -0.4 is 11.1 Å². The number of hydrogen-bond donors (Lipinski definition) is 2. The van der Waals surface area contributed by atoms with Crippen molar-refractivity contribution in [3.8, 4) is 0 Å². The zero-order valence-corrected chi connectivity index (χ0v) is 15.3. The molecule has 0 heterocycles.